The summed E-state index contributed by atoms with van der Waals surface area (Å²) < 4.78 is 13.6. The Labute approximate surface area is 121 Å². The van der Waals surface area contributed by atoms with Crippen LogP contribution in [0, 0.1) is 0 Å². The lowest BCUT2D eigenvalue weighted by Crippen LogP contribution is -2.49. The monoisotopic (exact) mass is 370 g/mol. The molecule has 0 unspecified atom stereocenters. The van der Waals surface area contributed by atoms with Gasteiger partial charge in [0.25, 0.3) is 0 Å². The zero-order valence-corrected chi connectivity index (χ0v) is 15.0. The molecule has 0 saturated carbocycles. The minimum atomic E-state index is -1.65. The summed E-state index contributed by atoms with van der Waals surface area (Å²) in [4.78, 5) is 0. The third-order valence-electron chi connectivity index (χ3n) is 4.03. The zero-order chi connectivity index (χ0) is 13.1. The van der Waals surface area contributed by atoms with Gasteiger partial charge in [-0.15, -0.1) is 0 Å². The van der Waals surface area contributed by atoms with Gasteiger partial charge in [-0.25, -0.2) is 0 Å². The van der Waals surface area contributed by atoms with Crippen molar-refractivity contribution in [1.29, 1.82) is 0 Å². The number of ether oxygens (including phenoxy) is 1. The highest BCUT2D eigenvalue weighted by Crippen LogP contribution is 2.39. The SMILES string of the molecule is CC(C)(C)[Si](C)(C)O[C@H]1CCCO[C@@H]1CCI. The standard InChI is InChI=1S/C13H27IO2Si/c1-13(2,3)17(4,5)16-12-7-6-10-15-11(12)8-9-14/h11-12H,6-10H2,1-5H3/t11-,12+/m1/s1. The molecule has 0 aromatic carbocycles. The smallest absolute Gasteiger partial charge is 0.192 e. The fourth-order valence-corrected chi connectivity index (χ4v) is 3.87. The largest absolute Gasteiger partial charge is 0.411 e. The first kappa shape index (κ1) is 15.9. The van der Waals surface area contributed by atoms with Crippen LogP contribution < -0.4 is 0 Å². The van der Waals surface area contributed by atoms with Crippen molar-refractivity contribution >= 4 is 30.9 Å². The Balaban J connectivity index is 2.64. The Kier molecular flexibility index (Phi) is 5.94. The predicted octanol–water partition coefficient (Wildman–Crippen LogP) is 4.38. The Morgan fingerprint density at radius 1 is 1.35 bits per heavy atom. The highest BCUT2D eigenvalue weighted by atomic mass is 127. The second-order valence-electron chi connectivity index (χ2n) is 6.45. The molecule has 1 heterocycles. The lowest BCUT2D eigenvalue weighted by molar-refractivity contribution is -0.0676. The van der Waals surface area contributed by atoms with E-state index in [2.05, 4.69) is 56.5 Å². The van der Waals surface area contributed by atoms with Crippen LogP contribution in [0.5, 0.6) is 0 Å². The minimum Gasteiger partial charge on any atom is -0.411 e. The van der Waals surface area contributed by atoms with Crippen LogP contribution in [0.15, 0.2) is 0 Å². The van der Waals surface area contributed by atoms with Crippen LogP contribution in [0.25, 0.3) is 0 Å². The molecule has 1 saturated heterocycles. The van der Waals surface area contributed by atoms with Crippen LogP contribution >= 0.6 is 22.6 Å². The molecule has 0 N–H and O–H groups in total. The highest BCUT2D eigenvalue weighted by Gasteiger charge is 2.41. The third-order valence-corrected chi connectivity index (χ3v) is 9.15. The summed E-state index contributed by atoms with van der Waals surface area (Å²) in [5.41, 5.74) is 0. The van der Waals surface area contributed by atoms with E-state index in [1.807, 2.05) is 0 Å². The van der Waals surface area contributed by atoms with E-state index in [9.17, 15) is 0 Å². The first-order valence-corrected chi connectivity index (χ1v) is 11.1. The normalized spacial score (nSPS) is 27.2. The molecule has 0 aliphatic carbocycles. The molecule has 2 atom stereocenters. The first-order chi connectivity index (χ1) is 7.78. The van der Waals surface area contributed by atoms with Crippen molar-refractivity contribution in [2.75, 3.05) is 11.0 Å². The van der Waals surface area contributed by atoms with E-state index in [1.54, 1.807) is 0 Å². The number of hydrogen-bond donors (Lipinski definition) is 0. The number of halogens is 1. The minimum absolute atomic E-state index is 0.291. The van der Waals surface area contributed by atoms with E-state index >= 15 is 0 Å². The molecule has 0 radical (unpaired) electrons. The molecule has 4 heteroatoms. The molecular formula is C13H27IO2Si. The van der Waals surface area contributed by atoms with Crippen molar-refractivity contribution < 1.29 is 9.16 Å². The van der Waals surface area contributed by atoms with Crippen LogP contribution in [0.3, 0.4) is 0 Å². The van der Waals surface area contributed by atoms with E-state index < -0.39 is 8.32 Å². The number of alkyl halides is 1. The molecule has 0 aromatic rings. The molecule has 0 amide bonds. The van der Waals surface area contributed by atoms with E-state index in [0.717, 1.165) is 23.9 Å². The summed E-state index contributed by atoms with van der Waals surface area (Å²) >= 11 is 2.43. The summed E-state index contributed by atoms with van der Waals surface area (Å²) in [7, 11) is -1.65. The van der Waals surface area contributed by atoms with Crippen LogP contribution in [0.1, 0.15) is 40.0 Å². The van der Waals surface area contributed by atoms with Crippen LogP contribution in [0.4, 0.5) is 0 Å². The molecule has 102 valence electrons. The summed E-state index contributed by atoms with van der Waals surface area (Å²) in [5, 5.41) is 0.291. The molecular weight excluding hydrogens is 343 g/mol. The Bertz CT molecular complexity index is 236. The Morgan fingerprint density at radius 3 is 2.53 bits per heavy atom. The van der Waals surface area contributed by atoms with Gasteiger partial charge in [0.05, 0.1) is 12.2 Å². The van der Waals surface area contributed by atoms with E-state index in [0.29, 0.717) is 17.2 Å². The first-order valence-electron chi connectivity index (χ1n) is 6.63. The maximum Gasteiger partial charge on any atom is 0.192 e. The summed E-state index contributed by atoms with van der Waals surface area (Å²) in [6.07, 6.45) is 4.11. The van der Waals surface area contributed by atoms with Gasteiger partial charge in [-0.3, -0.25) is 0 Å². The van der Waals surface area contributed by atoms with Crippen LogP contribution in [0.2, 0.25) is 18.1 Å². The molecule has 1 aliphatic rings. The third kappa shape index (κ3) is 4.47. The van der Waals surface area contributed by atoms with Gasteiger partial charge in [-0.05, 0) is 37.4 Å². The summed E-state index contributed by atoms with van der Waals surface area (Å²) in [6, 6.07) is 0. The lowest BCUT2D eigenvalue weighted by Gasteiger charge is -2.42. The molecule has 1 fully saturated rings. The van der Waals surface area contributed by atoms with Crippen molar-refractivity contribution in [3.8, 4) is 0 Å². The zero-order valence-electron chi connectivity index (χ0n) is 11.9. The maximum atomic E-state index is 6.52. The van der Waals surface area contributed by atoms with Crippen molar-refractivity contribution in [2.24, 2.45) is 0 Å². The number of rotatable bonds is 4. The van der Waals surface area contributed by atoms with Gasteiger partial charge in [-0.2, -0.15) is 0 Å². The van der Waals surface area contributed by atoms with Gasteiger partial charge in [0.15, 0.2) is 8.32 Å². The van der Waals surface area contributed by atoms with Crippen molar-refractivity contribution in [2.45, 2.75) is 70.4 Å². The fraction of sp³-hybridized carbons (Fsp3) is 1.00. The van der Waals surface area contributed by atoms with Crippen LogP contribution in [-0.2, 0) is 9.16 Å². The predicted molar refractivity (Wildman–Crippen MR) is 84.5 cm³/mol. The van der Waals surface area contributed by atoms with Gasteiger partial charge in [-0.1, -0.05) is 43.4 Å². The van der Waals surface area contributed by atoms with E-state index in [-0.39, 0.29) is 0 Å². The lowest BCUT2D eigenvalue weighted by atomic mass is 10.0. The van der Waals surface area contributed by atoms with E-state index in [1.165, 1.54) is 6.42 Å². The average Bonchev–Trinajstić information content (AvgIpc) is 2.19. The van der Waals surface area contributed by atoms with Crippen LogP contribution in [-0.4, -0.2) is 31.6 Å². The highest BCUT2D eigenvalue weighted by molar-refractivity contribution is 14.1. The summed E-state index contributed by atoms with van der Waals surface area (Å²) in [6.45, 7) is 12.5. The number of hydrogen-bond acceptors (Lipinski definition) is 2. The van der Waals surface area contributed by atoms with Crippen molar-refractivity contribution in [3.63, 3.8) is 0 Å². The van der Waals surface area contributed by atoms with Gasteiger partial charge in [0.1, 0.15) is 0 Å². The van der Waals surface area contributed by atoms with Gasteiger partial charge in [0, 0.05) is 11.0 Å². The average molecular weight is 370 g/mol. The molecule has 1 rings (SSSR count). The molecule has 2 nitrogen and oxygen atoms in total. The van der Waals surface area contributed by atoms with Crippen molar-refractivity contribution in [1.82, 2.24) is 0 Å². The van der Waals surface area contributed by atoms with Gasteiger partial charge >= 0.3 is 0 Å². The Morgan fingerprint density at radius 2 is 2.00 bits per heavy atom. The summed E-state index contributed by atoms with van der Waals surface area (Å²) in [5.74, 6) is 0. The van der Waals surface area contributed by atoms with E-state index in [4.69, 9.17) is 9.16 Å². The fourth-order valence-electron chi connectivity index (χ4n) is 1.88. The topological polar surface area (TPSA) is 18.5 Å². The molecule has 0 bridgehead atoms. The second-order valence-corrected chi connectivity index (χ2v) is 12.3. The van der Waals surface area contributed by atoms with Crippen molar-refractivity contribution in [3.05, 3.63) is 0 Å². The molecule has 17 heavy (non-hydrogen) atoms. The molecule has 0 spiro atoms. The second kappa shape index (κ2) is 6.35. The van der Waals surface area contributed by atoms with Gasteiger partial charge < -0.3 is 9.16 Å². The Hall–Kier alpha value is 0.867. The molecule has 1 aliphatic heterocycles. The maximum absolute atomic E-state index is 6.52. The van der Waals surface area contributed by atoms with Gasteiger partial charge in [0.2, 0.25) is 0 Å². The quantitative estimate of drug-likeness (QED) is 0.415. The molecule has 0 aromatic heterocycles.